The van der Waals surface area contributed by atoms with Crippen molar-refractivity contribution < 1.29 is 4.79 Å². The van der Waals surface area contributed by atoms with Gasteiger partial charge in [-0.05, 0) is 18.0 Å². The maximum Gasteiger partial charge on any atom is 0.221 e. The van der Waals surface area contributed by atoms with Crippen molar-refractivity contribution in [2.45, 2.75) is 30.9 Å². The number of carbonyl (C=O) groups excluding carboxylic acids is 1. The lowest BCUT2D eigenvalue weighted by Crippen LogP contribution is -2.18. The molecule has 1 atom stereocenters. The summed E-state index contributed by atoms with van der Waals surface area (Å²) in [5.74, 6) is 0. The molecule has 0 radical (unpaired) electrons. The van der Waals surface area contributed by atoms with Gasteiger partial charge in [0.2, 0.25) is 5.24 Å². The highest BCUT2D eigenvalue weighted by Gasteiger charge is 2.11. The first kappa shape index (κ1) is 10.5. The molecule has 0 N–H and O–H groups in total. The lowest BCUT2D eigenvalue weighted by Gasteiger charge is -2.09. The maximum atomic E-state index is 10.3. The smallest absolute Gasteiger partial charge is 0.221 e. The van der Waals surface area contributed by atoms with E-state index in [0.29, 0.717) is 6.42 Å². The fraction of sp³-hybridized carbons (Fsp3) is 0.833. The Hall–Kier alpha value is 0.467. The van der Waals surface area contributed by atoms with E-state index in [1.54, 1.807) is 0 Å². The minimum absolute atomic E-state index is 0.211. The summed E-state index contributed by atoms with van der Waals surface area (Å²) in [5, 5.41) is -0.0667. The molecule has 1 nitrogen and oxygen atoms in total. The molecule has 4 heteroatoms. The molecule has 0 aliphatic rings. The predicted octanol–water partition coefficient (Wildman–Crippen LogP) is 2.17. The van der Waals surface area contributed by atoms with Crippen molar-refractivity contribution in [3.63, 3.8) is 0 Å². The van der Waals surface area contributed by atoms with E-state index >= 15 is 0 Å². The van der Waals surface area contributed by atoms with Crippen molar-refractivity contribution in [1.29, 1.82) is 0 Å². The number of carbonyl (C=O) groups is 1. The van der Waals surface area contributed by atoms with Gasteiger partial charge in [0.05, 0.1) is 8.80 Å². The minimum Gasteiger partial charge on any atom is -0.281 e. The molecule has 0 aliphatic carbocycles. The summed E-state index contributed by atoms with van der Waals surface area (Å²) in [4.78, 5) is 10.3. The minimum atomic E-state index is -0.769. The van der Waals surface area contributed by atoms with Crippen LogP contribution in [-0.4, -0.2) is 19.0 Å². The van der Waals surface area contributed by atoms with Gasteiger partial charge in [-0.25, -0.2) is 0 Å². The second-order valence-electron chi connectivity index (χ2n) is 2.65. The van der Waals surface area contributed by atoms with Crippen LogP contribution in [0.4, 0.5) is 0 Å². The Balaban J connectivity index is 3.39. The fourth-order valence-electron chi connectivity index (χ4n) is 0.585. The zero-order valence-corrected chi connectivity index (χ0v) is 8.90. The van der Waals surface area contributed by atoms with Gasteiger partial charge in [-0.1, -0.05) is 13.1 Å². The number of halogens is 2. The largest absolute Gasteiger partial charge is 0.281 e. The van der Waals surface area contributed by atoms with Crippen molar-refractivity contribution >= 4 is 37.2 Å². The molecule has 1 unspecified atom stereocenters. The van der Waals surface area contributed by atoms with E-state index in [0.717, 1.165) is 6.42 Å². The average molecular weight is 199 g/mol. The second kappa shape index (κ2) is 5.16. The molecule has 0 aromatic carbocycles. The monoisotopic (exact) mass is 198 g/mol. The quantitative estimate of drug-likeness (QED) is 0.385. The zero-order valence-electron chi connectivity index (χ0n) is 6.23. The SMILES string of the molecule is C[SiH](C)C(Cl)CCC(=O)Cl. The normalized spacial score (nSPS) is 13.7. The summed E-state index contributed by atoms with van der Waals surface area (Å²) in [5.41, 5.74) is 0. The molecule has 0 heterocycles. The maximum absolute atomic E-state index is 10.3. The highest BCUT2D eigenvalue weighted by molar-refractivity contribution is 6.67. The first-order valence-electron chi connectivity index (χ1n) is 3.36. The lowest BCUT2D eigenvalue weighted by molar-refractivity contribution is -0.111. The molecule has 0 aliphatic heterocycles. The molecule has 60 valence electrons. The molecule has 0 aromatic heterocycles. The molecule has 10 heavy (non-hydrogen) atoms. The summed E-state index contributed by atoms with van der Waals surface area (Å²) in [6, 6.07) is 0. The van der Waals surface area contributed by atoms with Crippen molar-refractivity contribution in [2.75, 3.05) is 0 Å². The summed E-state index contributed by atoms with van der Waals surface area (Å²) in [6.07, 6.45) is 1.16. The van der Waals surface area contributed by atoms with Crippen molar-refractivity contribution in [1.82, 2.24) is 0 Å². The van der Waals surface area contributed by atoms with E-state index in [-0.39, 0.29) is 10.2 Å². The third kappa shape index (κ3) is 5.27. The van der Waals surface area contributed by atoms with E-state index in [1.807, 2.05) is 0 Å². The van der Waals surface area contributed by atoms with Gasteiger partial charge < -0.3 is 0 Å². The van der Waals surface area contributed by atoms with Gasteiger partial charge in [0.25, 0.3) is 0 Å². The van der Waals surface area contributed by atoms with Gasteiger partial charge in [0, 0.05) is 11.4 Å². The van der Waals surface area contributed by atoms with Crippen LogP contribution in [0.15, 0.2) is 0 Å². The van der Waals surface area contributed by atoms with Crippen LogP contribution >= 0.6 is 23.2 Å². The molecule has 0 spiro atoms. The second-order valence-corrected chi connectivity index (χ2v) is 7.35. The molecule has 0 amide bonds. The summed E-state index contributed by atoms with van der Waals surface area (Å²) in [7, 11) is -0.769. The van der Waals surface area contributed by atoms with Crippen LogP contribution in [0.1, 0.15) is 12.8 Å². The van der Waals surface area contributed by atoms with Gasteiger partial charge in [-0.15, -0.1) is 11.6 Å². The van der Waals surface area contributed by atoms with E-state index in [9.17, 15) is 4.79 Å². The Labute approximate surface area is 73.3 Å². The highest BCUT2D eigenvalue weighted by atomic mass is 35.5. The van der Waals surface area contributed by atoms with Crippen LogP contribution in [0.2, 0.25) is 13.1 Å². The van der Waals surface area contributed by atoms with Gasteiger partial charge in [0.15, 0.2) is 0 Å². The third-order valence-electron chi connectivity index (χ3n) is 1.34. The van der Waals surface area contributed by atoms with Crippen LogP contribution in [0.5, 0.6) is 0 Å². The van der Waals surface area contributed by atoms with Gasteiger partial charge in [-0.3, -0.25) is 4.79 Å². The fourth-order valence-corrected chi connectivity index (χ4v) is 1.64. The van der Waals surface area contributed by atoms with Crippen molar-refractivity contribution in [3.05, 3.63) is 0 Å². The predicted molar refractivity (Wildman–Crippen MR) is 48.6 cm³/mol. The number of alkyl halides is 1. The summed E-state index contributed by atoms with van der Waals surface area (Å²) < 4.78 is 0. The number of hydrogen-bond donors (Lipinski definition) is 0. The molecular formula is C6H12Cl2OSi. The topological polar surface area (TPSA) is 17.1 Å². The van der Waals surface area contributed by atoms with E-state index in [2.05, 4.69) is 13.1 Å². The first-order valence-corrected chi connectivity index (χ1v) is 7.15. The first-order chi connectivity index (χ1) is 4.54. The van der Waals surface area contributed by atoms with E-state index < -0.39 is 8.80 Å². The molecule has 0 saturated carbocycles. The Kier molecular flexibility index (Phi) is 5.40. The van der Waals surface area contributed by atoms with Crippen LogP contribution in [0.25, 0.3) is 0 Å². The average Bonchev–Trinajstić information content (AvgIpc) is 1.82. The third-order valence-corrected chi connectivity index (χ3v) is 5.04. The Morgan fingerprint density at radius 2 is 2.10 bits per heavy atom. The summed E-state index contributed by atoms with van der Waals surface area (Å²) in [6.45, 7) is 4.33. The number of hydrogen-bond acceptors (Lipinski definition) is 1. The number of rotatable bonds is 4. The molecule has 0 aromatic rings. The molecule has 0 fully saturated rings. The van der Waals surface area contributed by atoms with Crippen LogP contribution in [-0.2, 0) is 4.79 Å². The van der Waals surface area contributed by atoms with Gasteiger partial charge in [0.1, 0.15) is 0 Å². The van der Waals surface area contributed by atoms with E-state index in [1.165, 1.54) is 0 Å². The van der Waals surface area contributed by atoms with Crippen molar-refractivity contribution in [2.24, 2.45) is 0 Å². The lowest BCUT2D eigenvalue weighted by atomic mass is 10.4. The van der Waals surface area contributed by atoms with Crippen LogP contribution in [0.3, 0.4) is 0 Å². The van der Waals surface area contributed by atoms with Crippen LogP contribution in [0, 0.1) is 0 Å². The molecule has 0 bridgehead atoms. The Morgan fingerprint density at radius 1 is 1.60 bits per heavy atom. The van der Waals surface area contributed by atoms with Gasteiger partial charge >= 0.3 is 0 Å². The molecular weight excluding hydrogens is 187 g/mol. The van der Waals surface area contributed by atoms with E-state index in [4.69, 9.17) is 23.2 Å². The molecule has 0 saturated heterocycles. The van der Waals surface area contributed by atoms with Crippen LogP contribution < -0.4 is 0 Å². The zero-order chi connectivity index (χ0) is 8.15. The molecule has 0 rings (SSSR count). The standard InChI is InChI=1S/C6H12Cl2OSi/c1-10(2)6(8)4-3-5(7)9/h6,10H,3-4H2,1-2H3. The van der Waals surface area contributed by atoms with Crippen molar-refractivity contribution in [3.8, 4) is 0 Å². The van der Waals surface area contributed by atoms with Gasteiger partial charge in [-0.2, -0.15) is 0 Å². The summed E-state index contributed by atoms with van der Waals surface area (Å²) >= 11 is 11.1. The Morgan fingerprint density at radius 3 is 2.40 bits per heavy atom. The Bertz CT molecular complexity index is 116. The highest BCUT2D eigenvalue weighted by Crippen LogP contribution is 2.10.